The summed E-state index contributed by atoms with van der Waals surface area (Å²) in [7, 11) is 0. The van der Waals surface area contributed by atoms with Crippen LogP contribution in [0.25, 0.3) is 5.52 Å². The molecule has 1 aromatic carbocycles. The number of halogens is 2. The average Bonchev–Trinajstić information content (AvgIpc) is 3.04. The fourth-order valence-electron chi connectivity index (χ4n) is 2.52. The molecule has 2 heterocycles. The first kappa shape index (κ1) is 18.5. The van der Waals surface area contributed by atoms with Crippen molar-refractivity contribution in [3.63, 3.8) is 0 Å². The van der Waals surface area contributed by atoms with E-state index >= 15 is 0 Å². The number of fused-ring (bicyclic) bond motifs is 1. The third-order valence-corrected chi connectivity index (χ3v) is 4.13. The normalized spacial score (nSPS) is 12.0. The van der Waals surface area contributed by atoms with E-state index in [0.29, 0.717) is 5.52 Å². The maximum absolute atomic E-state index is 13.4. The van der Waals surface area contributed by atoms with E-state index < -0.39 is 23.4 Å². The van der Waals surface area contributed by atoms with Crippen LogP contribution in [0.1, 0.15) is 41.4 Å². The Labute approximate surface area is 154 Å². The van der Waals surface area contributed by atoms with E-state index in [4.69, 9.17) is 0 Å². The minimum atomic E-state index is -1.07. The van der Waals surface area contributed by atoms with Gasteiger partial charge in [-0.05, 0) is 37.6 Å². The summed E-state index contributed by atoms with van der Waals surface area (Å²) in [6, 6.07) is 8.06. The van der Waals surface area contributed by atoms with Gasteiger partial charge in [-0.15, -0.1) is 0 Å². The number of imidazole rings is 1. The number of pyridine rings is 1. The van der Waals surface area contributed by atoms with Gasteiger partial charge in [0.2, 0.25) is 5.82 Å². The molecule has 2 N–H and O–H groups in total. The zero-order valence-corrected chi connectivity index (χ0v) is 14.8. The van der Waals surface area contributed by atoms with Crippen molar-refractivity contribution in [2.75, 3.05) is 5.32 Å². The molecule has 0 radical (unpaired) electrons. The van der Waals surface area contributed by atoms with Gasteiger partial charge in [0.1, 0.15) is 0 Å². The fourth-order valence-corrected chi connectivity index (χ4v) is 2.52. The molecule has 2 amide bonds. The number of hydrogen-bond acceptors (Lipinski definition) is 3. The number of carbonyl (C=O) groups is 2. The lowest BCUT2D eigenvalue weighted by Crippen LogP contribution is -2.33. The molecule has 27 heavy (non-hydrogen) atoms. The Balaban J connectivity index is 1.95. The Morgan fingerprint density at radius 1 is 1.15 bits per heavy atom. The van der Waals surface area contributed by atoms with Crippen LogP contribution in [0.3, 0.4) is 0 Å². The molecule has 0 fully saturated rings. The summed E-state index contributed by atoms with van der Waals surface area (Å²) in [5, 5.41) is 5.28. The van der Waals surface area contributed by atoms with E-state index in [1.54, 1.807) is 24.4 Å². The van der Waals surface area contributed by atoms with Gasteiger partial charge in [0.25, 0.3) is 11.8 Å². The number of aromatic nitrogens is 2. The highest BCUT2D eigenvalue weighted by atomic mass is 19.2. The second kappa shape index (κ2) is 7.53. The van der Waals surface area contributed by atoms with Crippen LogP contribution in [0, 0.1) is 11.6 Å². The standard InChI is InChI=1S/C19H18F2N4O2/c1-3-11(2)22-19(27)17-24-16(15-6-4-5-9-25(15)17)18(26)23-12-7-8-13(20)14(21)10-12/h4-11H,3H2,1-2H3,(H,22,27)(H,23,26). The van der Waals surface area contributed by atoms with Gasteiger partial charge < -0.3 is 10.6 Å². The SMILES string of the molecule is CCC(C)NC(=O)c1nc(C(=O)Nc2ccc(F)c(F)c2)c2ccccn12. The van der Waals surface area contributed by atoms with E-state index in [-0.39, 0.29) is 23.2 Å². The minimum absolute atomic E-state index is 0.00892. The Morgan fingerprint density at radius 2 is 1.93 bits per heavy atom. The number of hydrogen-bond donors (Lipinski definition) is 2. The summed E-state index contributed by atoms with van der Waals surface area (Å²) in [5.74, 6) is -3.05. The first-order chi connectivity index (χ1) is 12.9. The van der Waals surface area contributed by atoms with Crippen molar-refractivity contribution in [2.24, 2.45) is 0 Å². The third-order valence-electron chi connectivity index (χ3n) is 4.13. The van der Waals surface area contributed by atoms with Crippen LogP contribution in [0.5, 0.6) is 0 Å². The van der Waals surface area contributed by atoms with Crippen LogP contribution in [0.4, 0.5) is 14.5 Å². The van der Waals surface area contributed by atoms with Crippen molar-refractivity contribution < 1.29 is 18.4 Å². The van der Waals surface area contributed by atoms with Crippen LogP contribution < -0.4 is 10.6 Å². The summed E-state index contributed by atoms with van der Waals surface area (Å²) >= 11 is 0. The number of carbonyl (C=O) groups excluding carboxylic acids is 2. The van der Waals surface area contributed by atoms with Crippen LogP contribution in [0.15, 0.2) is 42.6 Å². The molecule has 2 aromatic heterocycles. The molecule has 140 valence electrons. The average molecular weight is 372 g/mol. The van der Waals surface area contributed by atoms with E-state index in [9.17, 15) is 18.4 Å². The molecule has 6 nitrogen and oxygen atoms in total. The van der Waals surface area contributed by atoms with Crippen LogP contribution in [0.2, 0.25) is 0 Å². The molecule has 0 saturated heterocycles. The quantitative estimate of drug-likeness (QED) is 0.721. The van der Waals surface area contributed by atoms with Gasteiger partial charge >= 0.3 is 0 Å². The number of anilines is 1. The first-order valence-electron chi connectivity index (χ1n) is 8.45. The van der Waals surface area contributed by atoms with Crippen LogP contribution >= 0.6 is 0 Å². The topological polar surface area (TPSA) is 75.5 Å². The van der Waals surface area contributed by atoms with Gasteiger partial charge in [-0.25, -0.2) is 13.8 Å². The monoisotopic (exact) mass is 372 g/mol. The minimum Gasteiger partial charge on any atom is -0.347 e. The van der Waals surface area contributed by atoms with Crippen LogP contribution in [-0.4, -0.2) is 27.2 Å². The summed E-state index contributed by atoms with van der Waals surface area (Å²) < 4.78 is 27.9. The molecular formula is C19H18F2N4O2. The Hall–Kier alpha value is -3.29. The van der Waals surface area contributed by atoms with E-state index in [2.05, 4.69) is 15.6 Å². The second-order valence-electron chi connectivity index (χ2n) is 6.11. The van der Waals surface area contributed by atoms with Crippen molar-refractivity contribution in [3.8, 4) is 0 Å². The lowest BCUT2D eigenvalue weighted by atomic mass is 10.2. The molecular weight excluding hydrogens is 354 g/mol. The summed E-state index contributed by atoms with van der Waals surface area (Å²) in [5.41, 5.74) is 0.517. The first-order valence-corrected chi connectivity index (χ1v) is 8.45. The molecule has 0 aliphatic carbocycles. The number of rotatable bonds is 5. The van der Waals surface area contributed by atoms with Gasteiger partial charge in [0.05, 0.1) is 5.52 Å². The van der Waals surface area contributed by atoms with Gasteiger partial charge in [-0.2, -0.15) is 0 Å². The zero-order chi connectivity index (χ0) is 19.6. The van der Waals surface area contributed by atoms with Gasteiger partial charge in [-0.1, -0.05) is 13.0 Å². The number of benzene rings is 1. The van der Waals surface area contributed by atoms with Crippen molar-refractivity contribution in [1.29, 1.82) is 0 Å². The largest absolute Gasteiger partial charge is 0.347 e. The Bertz CT molecular complexity index is 1020. The molecule has 0 spiro atoms. The molecule has 0 saturated carbocycles. The number of nitrogens with one attached hydrogen (secondary N) is 2. The highest BCUT2D eigenvalue weighted by molar-refractivity contribution is 6.08. The van der Waals surface area contributed by atoms with Crippen molar-refractivity contribution >= 4 is 23.0 Å². The second-order valence-corrected chi connectivity index (χ2v) is 6.11. The van der Waals surface area contributed by atoms with E-state index in [0.717, 1.165) is 18.6 Å². The van der Waals surface area contributed by atoms with Crippen LogP contribution in [-0.2, 0) is 0 Å². The number of nitrogens with zero attached hydrogens (tertiary/aromatic N) is 2. The maximum atomic E-state index is 13.4. The van der Waals surface area contributed by atoms with Gasteiger partial charge in [-0.3, -0.25) is 14.0 Å². The number of amides is 2. The molecule has 0 aliphatic heterocycles. The molecule has 3 rings (SSSR count). The van der Waals surface area contributed by atoms with E-state index in [1.807, 2.05) is 13.8 Å². The predicted octanol–water partition coefficient (Wildman–Crippen LogP) is 3.39. The zero-order valence-electron chi connectivity index (χ0n) is 14.8. The maximum Gasteiger partial charge on any atom is 0.287 e. The van der Waals surface area contributed by atoms with E-state index in [1.165, 1.54) is 10.5 Å². The Kier molecular flexibility index (Phi) is 5.16. The van der Waals surface area contributed by atoms with Crippen molar-refractivity contribution in [1.82, 2.24) is 14.7 Å². The Morgan fingerprint density at radius 3 is 2.63 bits per heavy atom. The summed E-state index contributed by atoms with van der Waals surface area (Å²) in [6.45, 7) is 3.81. The predicted molar refractivity (Wildman–Crippen MR) is 96.7 cm³/mol. The molecule has 1 unspecified atom stereocenters. The van der Waals surface area contributed by atoms with Gasteiger partial charge in [0, 0.05) is 24.0 Å². The summed E-state index contributed by atoms with van der Waals surface area (Å²) in [4.78, 5) is 29.3. The third kappa shape index (κ3) is 3.79. The van der Waals surface area contributed by atoms with Crippen molar-refractivity contribution in [3.05, 3.63) is 65.7 Å². The fraction of sp³-hybridized carbons (Fsp3) is 0.211. The molecule has 1 atom stereocenters. The molecule has 3 aromatic rings. The van der Waals surface area contributed by atoms with Crippen molar-refractivity contribution in [2.45, 2.75) is 26.3 Å². The highest BCUT2D eigenvalue weighted by Crippen LogP contribution is 2.18. The molecule has 0 bridgehead atoms. The molecule has 8 heteroatoms. The lowest BCUT2D eigenvalue weighted by Gasteiger charge is -2.10. The molecule has 0 aliphatic rings. The van der Waals surface area contributed by atoms with Gasteiger partial charge in [0.15, 0.2) is 17.3 Å². The highest BCUT2D eigenvalue weighted by Gasteiger charge is 2.22. The smallest absolute Gasteiger partial charge is 0.287 e. The lowest BCUT2D eigenvalue weighted by molar-refractivity contribution is 0.0928. The summed E-state index contributed by atoms with van der Waals surface area (Å²) in [6.07, 6.45) is 2.38.